The summed E-state index contributed by atoms with van der Waals surface area (Å²) in [6, 6.07) is 12.8. The van der Waals surface area contributed by atoms with Crippen LogP contribution >= 0.6 is 0 Å². The van der Waals surface area contributed by atoms with E-state index in [9.17, 15) is 29.4 Å². The molecule has 1 aromatic heterocycles. The van der Waals surface area contributed by atoms with Crippen molar-refractivity contribution in [1.29, 1.82) is 0 Å². The van der Waals surface area contributed by atoms with Crippen LogP contribution in [0.25, 0.3) is 44.2 Å². The number of hydrogen-bond donors (Lipinski definition) is 3. The Kier molecular flexibility index (Phi) is 6.31. The molecule has 0 unspecified atom stereocenters. The van der Waals surface area contributed by atoms with Crippen LogP contribution in [0, 0.1) is 0 Å². The molecule has 0 fully saturated rings. The van der Waals surface area contributed by atoms with E-state index in [4.69, 9.17) is 0 Å². The smallest absolute Gasteiger partial charge is 0.279 e. The number of benzene rings is 3. The van der Waals surface area contributed by atoms with Crippen LogP contribution in [0.1, 0.15) is 31.1 Å². The zero-order valence-electron chi connectivity index (χ0n) is 19.6. The van der Waals surface area contributed by atoms with Crippen LogP contribution in [0.4, 0.5) is 0 Å². The standard InChI is InChI=1S/C27H21N3O6/c1-13(31)16-4-7-22-19(10-16)25(34)29-23-8-5-17(14(2)32)11-20(23)27(36)30-24-9-6-18(15(3)33)12-21(24)26(35)28-22/h4-12,31-32H,1-3H3,(H,30,36). The second kappa shape index (κ2) is 9.38. The number of nitrogens with zero attached hydrogens (tertiary/aromatic N) is 2. The number of nitrogens with one attached hydrogen (secondary N) is 1. The minimum absolute atomic E-state index is 0.00235. The molecule has 0 spiro atoms. The summed E-state index contributed by atoms with van der Waals surface area (Å²) >= 11 is 0. The number of hydrogen-bond acceptors (Lipinski definition) is 8. The average Bonchev–Trinajstić information content (AvgIpc) is 2.83. The normalized spacial score (nSPS) is 12.8. The van der Waals surface area contributed by atoms with Crippen LogP contribution in [0.3, 0.4) is 0 Å². The predicted octanol–water partition coefficient (Wildman–Crippen LogP) is 2.04. The van der Waals surface area contributed by atoms with Crippen LogP contribution in [-0.4, -0.2) is 30.9 Å². The summed E-state index contributed by atoms with van der Waals surface area (Å²) in [5.41, 5.74) is -1.92. The Labute approximate surface area is 202 Å². The van der Waals surface area contributed by atoms with Gasteiger partial charge in [-0.3, -0.25) is 19.2 Å². The molecule has 3 aromatic carbocycles. The molecule has 0 bridgehead atoms. The van der Waals surface area contributed by atoms with Crippen molar-refractivity contribution in [2.24, 2.45) is 0 Å². The molecular weight excluding hydrogens is 462 g/mol. The highest BCUT2D eigenvalue weighted by molar-refractivity contribution is 5.97. The number of aliphatic hydroxyl groups excluding tert-OH is 2. The van der Waals surface area contributed by atoms with Gasteiger partial charge >= 0.3 is 0 Å². The lowest BCUT2D eigenvalue weighted by Gasteiger charge is -1.99. The van der Waals surface area contributed by atoms with Crippen LogP contribution in [-0.2, 0) is 0 Å². The number of aromatic amines is 1. The molecule has 0 aliphatic carbocycles. The monoisotopic (exact) mass is 483 g/mol. The summed E-state index contributed by atoms with van der Waals surface area (Å²) in [5.74, 6) is -0.398. The molecule has 9 heteroatoms. The van der Waals surface area contributed by atoms with Gasteiger partial charge in [0.05, 0.1) is 44.2 Å². The fourth-order valence-corrected chi connectivity index (χ4v) is 3.65. The maximum atomic E-state index is 13.3. The van der Waals surface area contributed by atoms with Gasteiger partial charge in [0.1, 0.15) is 0 Å². The van der Waals surface area contributed by atoms with Crippen LogP contribution in [0.2, 0.25) is 0 Å². The lowest BCUT2D eigenvalue weighted by molar-refractivity contribution is 0.101. The molecular formula is C27H21N3O6. The van der Waals surface area contributed by atoms with Crippen molar-refractivity contribution in [2.45, 2.75) is 20.8 Å². The van der Waals surface area contributed by atoms with E-state index in [0.717, 1.165) is 0 Å². The van der Waals surface area contributed by atoms with Gasteiger partial charge in [-0.15, -0.1) is 0 Å². The van der Waals surface area contributed by atoms with Crippen molar-refractivity contribution in [1.82, 2.24) is 15.0 Å². The van der Waals surface area contributed by atoms with Crippen molar-refractivity contribution in [3.8, 4) is 0 Å². The molecule has 0 atom stereocenters. The fraction of sp³-hybridized carbons (Fsp3) is 0.111. The third kappa shape index (κ3) is 4.67. The van der Waals surface area contributed by atoms with Crippen molar-refractivity contribution >= 4 is 50.0 Å². The number of carbonyl (C=O) groups excluding carboxylic acids is 1. The number of aliphatic hydroxyl groups is 2. The third-order valence-electron chi connectivity index (χ3n) is 5.65. The Hall–Kier alpha value is -4.92. The van der Waals surface area contributed by atoms with Gasteiger partial charge in [0.2, 0.25) is 0 Å². The maximum Gasteiger partial charge on any atom is 0.279 e. The summed E-state index contributed by atoms with van der Waals surface area (Å²) in [7, 11) is 0. The molecule has 4 aromatic rings. The molecule has 1 heterocycles. The molecule has 0 aliphatic rings. The van der Waals surface area contributed by atoms with Gasteiger partial charge in [0.15, 0.2) is 5.78 Å². The van der Waals surface area contributed by atoms with Crippen LogP contribution in [0.5, 0.6) is 0 Å². The number of H-pyrrole nitrogens is 1. The highest BCUT2D eigenvalue weighted by Gasteiger charge is 2.07. The summed E-state index contributed by atoms with van der Waals surface area (Å²) in [6.07, 6.45) is 0. The first-order chi connectivity index (χ1) is 17.0. The fourth-order valence-electron chi connectivity index (χ4n) is 3.65. The van der Waals surface area contributed by atoms with Crippen molar-refractivity contribution in [3.05, 3.63) is 102 Å². The zero-order valence-corrected chi connectivity index (χ0v) is 19.6. The van der Waals surface area contributed by atoms with E-state index in [0.29, 0.717) is 10.4 Å². The third-order valence-corrected chi connectivity index (χ3v) is 5.65. The van der Waals surface area contributed by atoms with E-state index in [-0.39, 0.29) is 55.6 Å². The second-order valence-corrected chi connectivity index (χ2v) is 8.24. The first kappa shape index (κ1) is 24.2. The van der Waals surface area contributed by atoms with Gasteiger partial charge in [0, 0.05) is 16.0 Å². The van der Waals surface area contributed by atoms with E-state index in [1.807, 2.05) is 0 Å². The Morgan fingerprint density at radius 2 is 1.22 bits per heavy atom. The maximum absolute atomic E-state index is 13.3. The minimum atomic E-state index is -0.797. The number of aromatic nitrogens is 3. The number of Topliss-reactive ketones (excluding diaryl/α,β-unsaturated/α-hetero) is 1. The van der Waals surface area contributed by atoms with Gasteiger partial charge < -0.3 is 15.2 Å². The Morgan fingerprint density at radius 1 is 0.694 bits per heavy atom. The molecule has 0 saturated heterocycles. The van der Waals surface area contributed by atoms with E-state index < -0.39 is 16.7 Å². The average molecular weight is 483 g/mol. The topological polar surface area (TPSA) is 150 Å². The van der Waals surface area contributed by atoms with Gasteiger partial charge in [-0.05, 0) is 75.4 Å². The largest absolute Gasteiger partial charge is 0.512 e. The highest BCUT2D eigenvalue weighted by Crippen LogP contribution is 2.10. The molecule has 4 rings (SSSR count). The van der Waals surface area contributed by atoms with Crippen LogP contribution in [0.15, 0.2) is 69.0 Å². The number of rotatable bonds is 1. The number of fused-ring (bicyclic) bond motifs is 3. The van der Waals surface area contributed by atoms with Gasteiger partial charge in [-0.25, -0.2) is 9.97 Å². The summed E-state index contributed by atoms with van der Waals surface area (Å²) < 4.78 is 0. The number of carbonyl (C=O) groups is 1. The molecule has 0 radical (unpaired) electrons. The molecule has 0 aliphatic heterocycles. The van der Waals surface area contributed by atoms with E-state index >= 15 is 0 Å². The quantitative estimate of drug-likeness (QED) is 0.348. The Bertz CT molecular complexity index is 1950. The molecule has 36 heavy (non-hydrogen) atoms. The first-order valence-corrected chi connectivity index (χ1v) is 10.9. The Balaban J connectivity index is 2.42. The summed E-state index contributed by atoms with van der Waals surface area (Å²) in [4.78, 5) is 62.4. The molecule has 0 saturated carbocycles. The molecule has 0 amide bonds. The lowest BCUT2D eigenvalue weighted by Crippen LogP contribution is -2.15. The second-order valence-electron chi connectivity index (χ2n) is 8.24. The van der Waals surface area contributed by atoms with Crippen molar-refractivity contribution in [2.75, 3.05) is 0 Å². The van der Waals surface area contributed by atoms with Gasteiger partial charge in [0.25, 0.3) is 16.7 Å². The molecule has 9 nitrogen and oxygen atoms in total. The Morgan fingerprint density at radius 3 is 1.78 bits per heavy atom. The minimum Gasteiger partial charge on any atom is -0.512 e. The van der Waals surface area contributed by atoms with E-state index in [1.165, 1.54) is 75.4 Å². The van der Waals surface area contributed by atoms with Crippen molar-refractivity contribution in [3.63, 3.8) is 0 Å². The molecule has 180 valence electrons. The lowest BCUT2D eigenvalue weighted by atomic mass is 10.1. The zero-order chi connectivity index (χ0) is 26.1. The summed E-state index contributed by atoms with van der Waals surface area (Å²) in [6.45, 7) is 4.23. The van der Waals surface area contributed by atoms with Crippen molar-refractivity contribution < 1.29 is 15.0 Å². The summed E-state index contributed by atoms with van der Waals surface area (Å²) in [5, 5.41) is 20.4. The molecule has 3 N–H and O–H groups in total. The number of ketones is 1. The van der Waals surface area contributed by atoms with Crippen LogP contribution < -0.4 is 27.1 Å². The van der Waals surface area contributed by atoms with E-state index in [2.05, 4.69) is 15.0 Å². The first-order valence-electron chi connectivity index (χ1n) is 10.9. The van der Waals surface area contributed by atoms with E-state index in [1.54, 1.807) is 0 Å². The van der Waals surface area contributed by atoms with Gasteiger partial charge in [-0.2, -0.15) is 0 Å². The SMILES string of the molecule is CC(=O)c1ccc2[nH]c(=O)c3cc(=C(C)O)ccc3nc(=O)c3cc(=C(C)O)ccc3nc(=O)c2c1. The van der Waals surface area contributed by atoms with Gasteiger partial charge in [-0.1, -0.05) is 0 Å². The predicted molar refractivity (Wildman–Crippen MR) is 138 cm³/mol. The highest BCUT2D eigenvalue weighted by atomic mass is 16.3.